The molecule has 1 heterocycles. The molecular formula is C18H16ClNO3. The van der Waals surface area contributed by atoms with Gasteiger partial charge < -0.3 is 15.2 Å². The molecule has 3 rings (SSSR count). The van der Waals surface area contributed by atoms with Crippen molar-refractivity contribution in [2.24, 2.45) is 0 Å². The predicted molar refractivity (Wildman–Crippen MR) is 91.8 cm³/mol. The van der Waals surface area contributed by atoms with E-state index < -0.39 is 0 Å². The first kappa shape index (κ1) is 15.4. The van der Waals surface area contributed by atoms with E-state index in [4.69, 9.17) is 16.3 Å². The lowest BCUT2D eigenvalue weighted by Gasteiger charge is -2.07. The number of phenolic OH excluding ortho intramolecular Hbond substituents is 1. The molecule has 1 amide bonds. The third kappa shape index (κ3) is 3.17. The van der Waals surface area contributed by atoms with E-state index in [-0.39, 0.29) is 11.7 Å². The molecule has 0 saturated carbocycles. The zero-order chi connectivity index (χ0) is 16.4. The van der Waals surface area contributed by atoms with Crippen molar-refractivity contribution in [3.63, 3.8) is 0 Å². The summed E-state index contributed by atoms with van der Waals surface area (Å²) in [5, 5.41) is 13.5. The average molecular weight is 330 g/mol. The molecule has 0 unspecified atom stereocenters. The Labute approximate surface area is 139 Å². The molecule has 23 heavy (non-hydrogen) atoms. The van der Waals surface area contributed by atoms with Crippen molar-refractivity contribution >= 4 is 34.8 Å². The molecule has 0 spiro atoms. The molecule has 5 heteroatoms. The molecular weight excluding hydrogens is 314 g/mol. The molecule has 0 fully saturated rings. The first-order valence-corrected chi connectivity index (χ1v) is 7.75. The Balaban J connectivity index is 1.96. The van der Waals surface area contributed by atoms with Gasteiger partial charge in [-0.3, -0.25) is 4.79 Å². The Kier molecular flexibility index (Phi) is 4.26. The number of aromatic hydroxyl groups is 1. The van der Waals surface area contributed by atoms with Crippen LogP contribution in [0.5, 0.6) is 11.5 Å². The number of halogens is 1. The Morgan fingerprint density at radius 3 is 2.83 bits per heavy atom. The van der Waals surface area contributed by atoms with Gasteiger partial charge in [-0.2, -0.15) is 0 Å². The lowest BCUT2D eigenvalue weighted by molar-refractivity contribution is -0.110. The zero-order valence-electron chi connectivity index (χ0n) is 12.6. The standard InChI is InChI=1S/C18H16ClNO3/c1-2-7-23-13-5-3-11(17(21)10-13)8-15-14-9-12(19)4-6-16(14)20-18(15)22/h3-6,8-10,21H,2,7H2,1H3,(H,20,22)/b15-8+. The SMILES string of the molecule is CCCOc1ccc(/C=C2/C(=O)Nc3ccc(Cl)cc32)c(O)c1. The number of fused-ring (bicyclic) bond motifs is 1. The maximum atomic E-state index is 12.1. The summed E-state index contributed by atoms with van der Waals surface area (Å²) in [5.41, 5.74) is 2.47. The van der Waals surface area contributed by atoms with Crippen LogP contribution in [0.15, 0.2) is 36.4 Å². The van der Waals surface area contributed by atoms with Crippen molar-refractivity contribution in [1.82, 2.24) is 0 Å². The highest BCUT2D eigenvalue weighted by Gasteiger charge is 2.24. The van der Waals surface area contributed by atoms with Crippen molar-refractivity contribution in [2.45, 2.75) is 13.3 Å². The molecule has 0 aliphatic carbocycles. The quantitative estimate of drug-likeness (QED) is 0.821. The Bertz CT molecular complexity index is 799. The number of ether oxygens (including phenoxy) is 1. The lowest BCUT2D eigenvalue weighted by Crippen LogP contribution is -2.03. The fourth-order valence-corrected chi connectivity index (χ4v) is 2.59. The van der Waals surface area contributed by atoms with Crippen LogP contribution < -0.4 is 10.1 Å². The minimum absolute atomic E-state index is 0.0642. The van der Waals surface area contributed by atoms with E-state index in [2.05, 4.69) is 5.32 Å². The molecule has 1 aliphatic rings. The molecule has 0 radical (unpaired) electrons. The minimum Gasteiger partial charge on any atom is -0.507 e. The van der Waals surface area contributed by atoms with Gasteiger partial charge in [-0.25, -0.2) is 0 Å². The van der Waals surface area contributed by atoms with Gasteiger partial charge in [0.2, 0.25) is 0 Å². The van der Waals surface area contributed by atoms with E-state index >= 15 is 0 Å². The predicted octanol–water partition coefficient (Wildman–Crippen LogP) is 4.33. The summed E-state index contributed by atoms with van der Waals surface area (Å²) >= 11 is 6.01. The second kappa shape index (κ2) is 6.34. The number of rotatable bonds is 4. The Hall–Kier alpha value is -2.46. The summed E-state index contributed by atoms with van der Waals surface area (Å²) in [7, 11) is 0. The number of benzene rings is 2. The summed E-state index contributed by atoms with van der Waals surface area (Å²) in [4.78, 5) is 12.1. The lowest BCUT2D eigenvalue weighted by atomic mass is 10.0. The smallest absolute Gasteiger partial charge is 0.256 e. The van der Waals surface area contributed by atoms with Crippen molar-refractivity contribution < 1.29 is 14.6 Å². The van der Waals surface area contributed by atoms with Gasteiger partial charge in [-0.1, -0.05) is 18.5 Å². The van der Waals surface area contributed by atoms with Crippen LogP contribution in [0, 0.1) is 0 Å². The van der Waals surface area contributed by atoms with Gasteiger partial charge in [0.05, 0.1) is 6.61 Å². The molecule has 0 saturated heterocycles. The molecule has 118 valence electrons. The highest BCUT2D eigenvalue weighted by atomic mass is 35.5. The highest BCUT2D eigenvalue weighted by molar-refractivity contribution is 6.36. The van der Waals surface area contributed by atoms with Gasteiger partial charge >= 0.3 is 0 Å². The summed E-state index contributed by atoms with van der Waals surface area (Å²) in [6, 6.07) is 10.3. The highest BCUT2D eigenvalue weighted by Crippen LogP contribution is 2.36. The third-order valence-electron chi connectivity index (χ3n) is 3.54. The zero-order valence-corrected chi connectivity index (χ0v) is 13.4. The molecule has 2 N–H and O–H groups in total. The maximum Gasteiger partial charge on any atom is 0.256 e. The molecule has 2 aromatic carbocycles. The van der Waals surface area contributed by atoms with Crippen LogP contribution in [0.2, 0.25) is 5.02 Å². The van der Waals surface area contributed by atoms with Crippen molar-refractivity contribution in [3.05, 3.63) is 52.5 Å². The van der Waals surface area contributed by atoms with Crippen LogP contribution in [-0.2, 0) is 4.79 Å². The summed E-state index contributed by atoms with van der Waals surface area (Å²) in [6.07, 6.45) is 2.54. The Morgan fingerprint density at radius 2 is 2.09 bits per heavy atom. The van der Waals surface area contributed by atoms with Gasteiger partial charge in [0.1, 0.15) is 11.5 Å². The van der Waals surface area contributed by atoms with E-state index in [1.54, 1.807) is 42.5 Å². The summed E-state index contributed by atoms with van der Waals surface area (Å²) < 4.78 is 5.48. The first-order valence-electron chi connectivity index (χ1n) is 7.37. The molecule has 1 aliphatic heterocycles. The van der Waals surface area contributed by atoms with Crippen LogP contribution in [-0.4, -0.2) is 17.6 Å². The van der Waals surface area contributed by atoms with E-state index in [0.717, 1.165) is 12.0 Å². The topological polar surface area (TPSA) is 58.6 Å². The fourth-order valence-electron chi connectivity index (χ4n) is 2.41. The van der Waals surface area contributed by atoms with Crippen LogP contribution in [0.25, 0.3) is 11.6 Å². The number of nitrogens with one attached hydrogen (secondary N) is 1. The van der Waals surface area contributed by atoms with E-state index in [1.165, 1.54) is 0 Å². The van der Waals surface area contributed by atoms with E-state index in [1.807, 2.05) is 6.92 Å². The van der Waals surface area contributed by atoms with E-state index in [9.17, 15) is 9.90 Å². The number of hydrogen-bond acceptors (Lipinski definition) is 3. The fraction of sp³-hybridized carbons (Fsp3) is 0.167. The molecule has 0 bridgehead atoms. The van der Waals surface area contributed by atoms with E-state index in [0.29, 0.717) is 34.2 Å². The third-order valence-corrected chi connectivity index (χ3v) is 3.77. The molecule has 4 nitrogen and oxygen atoms in total. The van der Waals surface area contributed by atoms with Gasteiger partial charge in [-0.05, 0) is 42.8 Å². The molecule has 0 atom stereocenters. The summed E-state index contributed by atoms with van der Waals surface area (Å²) in [5.74, 6) is 0.452. The largest absolute Gasteiger partial charge is 0.507 e. The van der Waals surface area contributed by atoms with Gasteiger partial charge in [0.15, 0.2) is 0 Å². The number of anilines is 1. The number of hydrogen-bond donors (Lipinski definition) is 2. The first-order chi connectivity index (χ1) is 11.1. The van der Waals surface area contributed by atoms with Gasteiger partial charge in [0, 0.05) is 33.5 Å². The van der Waals surface area contributed by atoms with Crippen LogP contribution in [0.3, 0.4) is 0 Å². The second-order valence-corrected chi connectivity index (χ2v) is 5.71. The molecule has 2 aromatic rings. The monoisotopic (exact) mass is 329 g/mol. The second-order valence-electron chi connectivity index (χ2n) is 5.27. The van der Waals surface area contributed by atoms with Crippen molar-refractivity contribution in [2.75, 3.05) is 11.9 Å². The molecule has 0 aromatic heterocycles. The Morgan fingerprint density at radius 1 is 1.26 bits per heavy atom. The number of carbonyl (C=O) groups is 1. The van der Waals surface area contributed by atoms with Gasteiger partial charge in [0.25, 0.3) is 5.91 Å². The van der Waals surface area contributed by atoms with Crippen LogP contribution in [0.4, 0.5) is 5.69 Å². The van der Waals surface area contributed by atoms with Gasteiger partial charge in [-0.15, -0.1) is 0 Å². The number of amides is 1. The van der Waals surface area contributed by atoms with Crippen molar-refractivity contribution in [3.8, 4) is 11.5 Å². The number of carbonyl (C=O) groups excluding carboxylic acids is 1. The van der Waals surface area contributed by atoms with Crippen molar-refractivity contribution in [1.29, 1.82) is 0 Å². The maximum absolute atomic E-state index is 12.1. The summed E-state index contributed by atoms with van der Waals surface area (Å²) in [6.45, 7) is 2.61. The average Bonchev–Trinajstić information content (AvgIpc) is 2.83. The normalized spacial score (nSPS) is 14.7. The van der Waals surface area contributed by atoms with Crippen LogP contribution in [0.1, 0.15) is 24.5 Å². The number of phenols is 1. The minimum atomic E-state index is -0.215. The van der Waals surface area contributed by atoms with Crippen LogP contribution >= 0.6 is 11.6 Å².